The molecule has 3 aromatic heterocycles. The van der Waals surface area contributed by atoms with Gasteiger partial charge in [-0.05, 0) is 18.2 Å². The van der Waals surface area contributed by atoms with Gasteiger partial charge in [0.2, 0.25) is 5.95 Å². The van der Waals surface area contributed by atoms with E-state index in [2.05, 4.69) is 52.9 Å². The number of carbonyl (C=O) groups is 1. The highest BCUT2D eigenvalue weighted by Gasteiger charge is 2.20. The second-order valence-electron chi connectivity index (χ2n) is 8.79. The molecule has 0 atom stereocenters. The molecule has 4 N–H and O–H groups in total. The summed E-state index contributed by atoms with van der Waals surface area (Å²) in [6.45, 7) is 6.71. The van der Waals surface area contributed by atoms with Crippen molar-refractivity contribution in [2.75, 3.05) is 22.5 Å². The van der Waals surface area contributed by atoms with Crippen molar-refractivity contribution in [2.24, 2.45) is 0 Å². The second-order valence-corrected chi connectivity index (χ2v) is 8.79. The Balaban J connectivity index is 1.31. The number of H-pyrrole nitrogens is 1. The van der Waals surface area contributed by atoms with Crippen LogP contribution in [0.1, 0.15) is 43.4 Å². The van der Waals surface area contributed by atoms with Gasteiger partial charge in [-0.15, -0.1) is 0 Å². The molecular formula is C25H26N8O2. The Morgan fingerprint density at radius 2 is 1.86 bits per heavy atom. The molecule has 0 bridgehead atoms. The zero-order valence-corrected chi connectivity index (χ0v) is 19.7. The molecule has 178 valence electrons. The lowest BCUT2D eigenvalue weighted by molar-refractivity contribution is 0.262. The van der Waals surface area contributed by atoms with Crippen LogP contribution in [0.5, 0.6) is 0 Å². The maximum absolute atomic E-state index is 12.3. The van der Waals surface area contributed by atoms with Crippen LogP contribution >= 0.6 is 0 Å². The number of imidazole rings is 1. The van der Waals surface area contributed by atoms with E-state index in [0.717, 1.165) is 17.7 Å². The number of benzene rings is 1. The van der Waals surface area contributed by atoms with Crippen LogP contribution in [-0.4, -0.2) is 37.7 Å². The van der Waals surface area contributed by atoms with Crippen molar-refractivity contribution in [3.8, 4) is 11.8 Å². The van der Waals surface area contributed by atoms with Gasteiger partial charge in [0.1, 0.15) is 5.76 Å². The van der Waals surface area contributed by atoms with Gasteiger partial charge < -0.3 is 20.1 Å². The molecule has 0 saturated heterocycles. The van der Waals surface area contributed by atoms with Crippen LogP contribution in [0.25, 0.3) is 0 Å². The standard InChI is InChI=1S/C25H26N8O2/c1-25(2,3)21-12-22(33-35-21)32-24(34)31-19-6-4-5-17(11-19)7-8-18-13-28-23(29-14-18)27-10-9-20-15-26-16-30-20/h4-6,11-16H,9-10H2,1-3H3,(H,26,30)(H,27,28,29)(H2,31,32,33,34). The molecule has 0 radical (unpaired) electrons. The monoisotopic (exact) mass is 470 g/mol. The number of anilines is 3. The zero-order valence-electron chi connectivity index (χ0n) is 19.7. The van der Waals surface area contributed by atoms with E-state index >= 15 is 0 Å². The minimum Gasteiger partial charge on any atom is -0.359 e. The Kier molecular flexibility index (Phi) is 7.07. The SMILES string of the molecule is CC(C)(C)c1cc(NC(=O)Nc2cccc(C#Cc3cnc(NCCc4cnc[nH]4)nc3)c2)no1. The molecule has 35 heavy (non-hydrogen) atoms. The summed E-state index contributed by atoms with van der Waals surface area (Å²) < 4.78 is 5.29. The highest BCUT2D eigenvalue weighted by Crippen LogP contribution is 2.24. The van der Waals surface area contributed by atoms with Crippen molar-refractivity contribution in [3.05, 3.63) is 77.8 Å². The molecule has 0 aliphatic rings. The molecule has 10 nitrogen and oxygen atoms in total. The van der Waals surface area contributed by atoms with E-state index in [4.69, 9.17) is 4.52 Å². The molecule has 3 heterocycles. The summed E-state index contributed by atoms with van der Waals surface area (Å²) in [5.74, 6) is 7.67. The molecule has 0 spiro atoms. The predicted molar refractivity (Wildman–Crippen MR) is 133 cm³/mol. The maximum Gasteiger partial charge on any atom is 0.324 e. The number of nitrogens with zero attached hydrogens (tertiary/aromatic N) is 4. The van der Waals surface area contributed by atoms with Gasteiger partial charge >= 0.3 is 6.03 Å². The van der Waals surface area contributed by atoms with Crippen molar-refractivity contribution in [1.82, 2.24) is 25.1 Å². The van der Waals surface area contributed by atoms with E-state index in [-0.39, 0.29) is 5.41 Å². The van der Waals surface area contributed by atoms with Crippen LogP contribution < -0.4 is 16.0 Å². The van der Waals surface area contributed by atoms with Crippen LogP contribution in [-0.2, 0) is 11.8 Å². The van der Waals surface area contributed by atoms with E-state index in [9.17, 15) is 4.79 Å². The molecule has 0 saturated carbocycles. The summed E-state index contributed by atoms with van der Waals surface area (Å²) in [4.78, 5) is 28.0. The fourth-order valence-corrected chi connectivity index (χ4v) is 3.00. The normalized spacial score (nSPS) is 10.8. The number of carbonyl (C=O) groups excluding carboxylic acids is 1. The predicted octanol–water partition coefficient (Wildman–Crippen LogP) is 4.18. The quantitative estimate of drug-likeness (QED) is 0.311. The van der Waals surface area contributed by atoms with Crippen molar-refractivity contribution >= 4 is 23.5 Å². The maximum atomic E-state index is 12.3. The molecule has 1 aromatic carbocycles. The number of aromatic nitrogens is 5. The summed E-state index contributed by atoms with van der Waals surface area (Å²) >= 11 is 0. The summed E-state index contributed by atoms with van der Waals surface area (Å²) in [5, 5.41) is 12.5. The van der Waals surface area contributed by atoms with Crippen molar-refractivity contribution < 1.29 is 9.32 Å². The average molecular weight is 471 g/mol. The van der Waals surface area contributed by atoms with E-state index < -0.39 is 6.03 Å². The van der Waals surface area contributed by atoms with E-state index in [1.807, 2.05) is 32.9 Å². The summed E-state index contributed by atoms with van der Waals surface area (Å²) in [7, 11) is 0. The third-order valence-corrected chi connectivity index (χ3v) is 4.85. The Morgan fingerprint density at radius 3 is 2.57 bits per heavy atom. The van der Waals surface area contributed by atoms with Crippen LogP contribution in [0.4, 0.5) is 22.2 Å². The molecule has 0 fully saturated rings. The number of hydrogen-bond acceptors (Lipinski definition) is 7. The summed E-state index contributed by atoms with van der Waals surface area (Å²) in [6, 6.07) is 8.52. The lowest BCUT2D eigenvalue weighted by Gasteiger charge is -2.12. The Labute approximate surface area is 203 Å². The number of hydrogen-bond donors (Lipinski definition) is 4. The summed E-state index contributed by atoms with van der Waals surface area (Å²) in [6.07, 6.45) is 7.57. The smallest absolute Gasteiger partial charge is 0.324 e. The molecule has 10 heteroatoms. The molecule has 0 aliphatic heterocycles. The first-order chi connectivity index (χ1) is 16.8. The first-order valence-electron chi connectivity index (χ1n) is 11.1. The molecule has 0 unspecified atom stereocenters. The first kappa shape index (κ1) is 23.5. The van der Waals surface area contributed by atoms with Crippen LogP contribution in [0.2, 0.25) is 0 Å². The topological polar surface area (TPSA) is 134 Å². The fraction of sp³-hybridized carbons (Fsp3) is 0.240. The third kappa shape index (κ3) is 6.91. The third-order valence-electron chi connectivity index (χ3n) is 4.85. The van der Waals surface area contributed by atoms with Gasteiger partial charge in [-0.2, -0.15) is 0 Å². The fourth-order valence-electron chi connectivity index (χ4n) is 3.00. The highest BCUT2D eigenvalue weighted by molar-refractivity contribution is 5.99. The first-order valence-corrected chi connectivity index (χ1v) is 11.1. The van der Waals surface area contributed by atoms with E-state index in [0.29, 0.717) is 35.3 Å². The molecule has 0 aliphatic carbocycles. The van der Waals surface area contributed by atoms with Crippen molar-refractivity contribution in [1.29, 1.82) is 0 Å². The van der Waals surface area contributed by atoms with Gasteiger partial charge in [-0.1, -0.05) is 43.8 Å². The van der Waals surface area contributed by atoms with Gasteiger partial charge in [0.25, 0.3) is 0 Å². The Morgan fingerprint density at radius 1 is 1.06 bits per heavy atom. The highest BCUT2D eigenvalue weighted by atomic mass is 16.5. The lowest BCUT2D eigenvalue weighted by atomic mass is 9.93. The zero-order chi connectivity index (χ0) is 24.7. The van der Waals surface area contributed by atoms with Gasteiger partial charge in [0.05, 0.1) is 11.9 Å². The van der Waals surface area contributed by atoms with Crippen LogP contribution in [0.3, 0.4) is 0 Å². The van der Waals surface area contributed by atoms with Gasteiger partial charge in [0, 0.05) is 60.0 Å². The Hall–Kier alpha value is -4.65. The number of amides is 2. The molecule has 4 aromatic rings. The van der Waals surface area contributed by atoms with Gasteiger partial charge in [-0.25, -0.2) is 19.7 Å². The van der Waals surface area contributed by atoms with Crippen LogP contribution in [0.15, 0.2) is 59.8 Å². The average Bonchev–Trinajstić information content (AvgIpc) is 3.51. The minimum absolute atomic E-state index is 0.196. The number of nitrogens with one attached hydrogen (secondary N) is 4. The number of aromatic amines is 1. The Bertz CT molecular complexity index is 1330. The van der Waals surface area contributed by atoms with Crippen LogP contribution in [0, 0.1) is 11.8 Å². The van der Waals surface area contributed by atoms with E-state index in [1.54, 1.807) is 43.1 Å². The van der Waals surface area contributed by atoms with Crippen molar-refractivity contribution in [3.63, 3.8) is 0 Å². The number of rotatable bonds is 6. The molecular weight excluding hydrogens is 444 g/mol. The number of urea groups is 1. The van der Waals surface area contributed by atoms with Crippen molar-refractivity contribution in [2.45, 2.75) is 32.6 Å². The van der Waals surface area contributed by atoms with E-state index in [1.165, 1.54) is 0 Å². The molecule has 2 amide bonds. The second kappa shape index (κ2) is 10.5. The largest absolute Gasteiger partial charge is 0.359 e. The van der Waals surface area contributed by atoms with Gasteiger partial charge in [-0.3, -0.25) is 5.32 Å². The summed E-state index contributed by atoms with van der Waals surface area (Å²) in [5.41, 5.74) is 2.87. The lowest BCUT2D eigenvalue weighted by Crippen LogP contribution is -2.19. The minimum atomic E-state index is -0.423. The van der Waals surface area contributed by atoms with Gasteiger partial charge in [0.15, 0.2) is 5.82 Å². The molecule has 4 rings (SSSR count).